The zero-order chi connectivity index (χ0) is 23.7. The van der Waals surface area contributed by atoms with E-state index in [4.69, 9.17) is 9.47 Å². The molecule has 0 bridgehead atoms. The summed E-state index contributed by atoms with van der Waals surface area (Å²) in [7, 11) is 1.58. The maximum Gasteiger partial charge on any atom is 0.295 e. The van der Waals surface area contributed by atoms with Gasteiger partial charge in [-0.3, -0.25) is 9.59 Å². The van der Waals surface area contributed by atoms with Crippen LogP contribution in [0.5, 0.6) is 11.5 Å². The van der Waals surface area contributed by atoms with Gasteiger partial charge < -0.3 is 19.5 Å². The van der Waals surface area contributed by atoms with Crippen molar-refractivity contribution < 1.29 is 24.2 Å². The molecule has 1 unspecified atom stereocenters. The van der Waals surface area contributed by atoms with Gasteiger partial charge in [0.15, 0.2) is 0 Å². The number of amides is 1. The number of nitrogens with zero attached hydrogens (tertiary/aromatic N) is 1. The Balaban J connectivity index is 1.84. The predicted octanol–water partition coefficient (Wildman–Crippen LogP) is 5.16. The van der Waals surface area contributed by atoms with Crippen molar-refractivity contribution in [3.8, 4) is 11.5 Å². The van der Waals surface area contributed by atoms with Crippen LogP contribution < -0.4 is 9.47 Å². The molecule has 2 aliphatic rings. The van der Waals surface area contributed by atoms with E-state index in [1.807, 2.05) is 45.0 Å². The molecule has 33 heavy (non-hydrogen) atoms. The number of likely N-dealkylation sites (tertiary alicyclic amines) is 1. The molecule has 174 valence electrons. The van der Waals surface area contributed by atoms with Crippen molar-refractivity contribution in [1.29, 1.82) is 0 Å². The van der Waals surface area contributed by atoms with E-state index in [0.717, 1.165) is 42.6 Å². The van der Waals surface area contributed by atoms with Gasteiger partial charge in [-0.15, -0.1) is 0 Å². The number of hydrogen-bond acceptors (Lipinski definition) is 5. The first-order valence-corrected chi connectivity index (χ1v) is 11.5. The maximum absolute atomic E-state index is 13.3. The number of benzene rings is 2. The summed E-state index contributed by atoms with van der Waals surface area (Å²) in [6.07, 6.45) is 3.78. The third-order valence-electron chi connectivity index (χ3n) is 6.42. The molecule has 1 saturated carbocycles. The molecular formula is C27H31NO5. The Bertz CT molecular complexity index is 1100. The molecule has 0 aromatic heterocycles. The fourth-order valence-corrected chi connectivity index (χ4v) is 4.89. The Hall–Kier alpha value is -3.28. The first-order chi connectivity index (χ1) is 15.8. The van der Waals surface area contributed by atoms with Gasteiger partial charge in [-0.05, 0) is 75.1 Å². The van der Waals surface area contributed by atoms with Crippen molar-refractivity contribution >= 4 is 17.4 Å². The number of aliphatic hydroxyl groups excluding tert-OH is 1. The maximum atomic E-state index is 13.3. The third kappa shape index (κ3) is 4.34. The first kappa shape index (κ1) is 22.9. The van der Waals surface area contributed by atoms with E-state index in [1.54, 1.807) is 30.2 Å². The van der Waals surface area contributed by atoms with Crippen LogP contribution in [0.25, 0.3) is 5.76 Å². The normalized spacial score (nSPS) is 20.6. The highest BCUT2D eigenvalue weighted by atomic mass is 16.5. The van der Waals surface area contributed by atoms with Gasteiger partial charge in [0.2, 0.25) is 0 Å². The minimum absolute atomic E-state index is 0.0212. The molecule has 6 nitrogen and oxygen atoms in total. The van der Waals surface area contributed by atoms with Gasteiger partial charge in [0, 0.05) is 11.6 Å². The van der Waals surface area contributed by atoms with E-state index in [2.05, 4.69) is 0 Å². The topological polar surface area (TPSA) is 76.1 Å². The lowest BCUT2D eigenvalue weighted by molar-refractivity contribution is -0.141. The molecule has 1 amide bonds. The number of aryl methyl sites for hydroxylation is 1. The Morgan fingerprint density at radius 3 is 2.45 bits per heavy atom. The number of hydrogen-bond donors (Lipinski definition) is 1. The smallest absolute Gasteiger partial charge is 0.295 e. The van der Waals surface area contributed by atoms with E-state index in [0.29, 0.717) is 11.3 Å². The lowest BCUT2D eigenvalue weighted by atomic mass is 9.94. The number of ketones is 1. The molecular weight excluding hydrogens is 418 g/mol. The molecule has 4 rings (SSSR count). The number of carbonyl (C=O) groups excluding carboxylic acids is 2. The van der Waals surface area contributed by atoms with Crippen molar-refractivity contribution in [2.75, 3.05) is 7.11 Å². The second kappa shape index (κ2) is 9.30. The molecule has 2 aromatic carbocycles. The number of ether oxygens (including phenoxy) is 2. The molecule has 0 radical (unpaired) electrons. The zero-order valence-electron chi connectivity index (χ0n) is 19.6. The highest BCUT2D eigenvalue weighted by molar-refractivity contribution is 6.46. The van der Waals surface area contributed by atoms with Crippen LogP contribution in [0, 0.1) is 6.92 Å². The predicted molar refractivity (Wildman–Crippen MR) is 126 cm³/mol. The summed E-state index contributed by atoms with van der Waals surface area (Å²) in [6.45, 7) is 5.79. The summed E-state index contributed by atoms with van der Waals surface area (Å²) < 4.78 is 11.2. The van der Waals surface area contributed by atoms with Gasteiger partial charge in [0.05, 0.1) is 24.8 Å². The fourth-order valence-electron chi connectivity index (χ4n) is 4.89. The standard InChI is InChI=1S/C27H31NO5/c1-16(2)33-22-13-12-19(14-17(22)3)25(29)23-24(18-8-7-11-21(15-18)32-4)28(27(31)26(23)30)20-9-5-6-10-20/h7-8,11-16,20,24,29H,5-6,9-10H2,1-4H3/b25-23+. The van der Waals surface area contributed by atoms with Gasteiger partial charge in [0.1, 0.15) is 17.3 Å². The van der Waals surface area contributed by atoms with Crippen LogP contribution in [0.1, 0.15) is 62.3 Å². The second-order valence-corrected chi connectivity index (χ2v) is 9.07. The number of Topliss-reactive ketones (excluding diaryl/α,β-unsaturated/α-hetero) is 1. The summed E-state index contributed by atoms with van der Waals surface area (Å²) in [4.78, 5) is 28.1. The van der Waals surface area contributed by atoms with Crippen LogP contribution in [-0.2, 0) is 9.59 Å². The number of rotatable bonds is 6. The van der Waals surface area contributed by atoms with Gasteiger partial charge in [-0.25, -0.2) is 0 Å². The largest absolute Gasteiger partial charge is 0.507 e. The lowest BCUT2D eigenvalue weighted by Crippen LogP contribution is -2.37. The average molecular weight is 450 g/mol. The third-order valence-corrected chi connectivity index (χ3v) is 6.42. The summed E-state index contributed by atoms with van der Waals surface area (Å²) >= 11 is 0. The summed E-state index contributed by atoms with van der Waals surface area (Å²) in [5.74, 6) is -0.00570. The Morgan fingerprint density at radius 2 is 1.82 bits per heavy atom. The van der Waals surface area contributed by atoms with Gasteiger partial charge in [0.25, 0.3) is 11.7 Å². The van der Waals surface area contributed by atoms with Crippen LogP contribution in [0.4, 0.5) is 0 Å². The minimum atomic E-state index is -0.657. The SMILES string of the molecule is COc1cccc(C2/C(=C(\O)c3ccc(OC(C)C)c(C)c3)C(=O)C(=O)N2C2CCCC2)c1. The van der Waals surface area contributed by atoms with Crippen LogP contribution in [0.15, 0.2) is 48.0 Å². The number of aliphatic hydroxyl groups is 1. The van der Waals surface area contributed by atoms with Crippen molar-refractivity contribution in [3.05, 3.63) is 64.7 Å². The molecule has 2 aromatic rings. The Morgan fingerprint density at radius 1 is 1.09 bits per heavy atom. The van der Waals surface area contributed by atoms with Crippen LogP contribution >= 0.6 is 0 Å². The van der Waals surface area contributed by atoms with Crippen LogP contribution in [0.3, 0.4) is 0 Å². The van der Waals surface area contributed by atoms with Gasteiger partial charge >= 0.3 is 0 Å². The van der Waals surface area contributed by atoms with Crippen molar-refractivity contribution in [3.63, 3.8) is 0 Å². The molecule has 1 aliphatic carbocycles. The van der Waals surface area contributed by atoms with Crippen molar-refractivity contribution in [2.45, 2.75) is 64.6 Å². The molecule has 1 aliphatic heterocycles. The summed E-state index contributed by atoms with van der Waals surface area (Å²) in [5.41, 5.74) is 2.20. The van der Waals surface area contributed by atoms with Gasteiger partial charge in [-0.1, -0.05) is 25.0 Å². The molecule has 1 atom stereocenters. The number of carbonyl (C=O) groups is 2. The second-order valence-electron chi connectivity index (χ2n) is 9.07. The molecule has 2 fully saturated rings. The van der Waals surface area contributed by atoms with Crippen molar-refractivity contribution in [2.24, 2.45) is 0 Å². The van der Waals surface area contributed by atoms with Crippen molar-refractivity contribution in [1.82, 2.24) is 4.90 Å². The molecule has 6 heteroatoms. The Kier molecular flexibility index (Phi) is 6.45. The van der Waals surface area contributed by atoms with E-state index in [9.17, 15) is 14.7 Å². The van der Waals surface area contributed by atoms with Gasteiger partial charge in [-0.2, -0.15) is 0 Å². The molecule has 1 heterocycles. The minimum Gasteiger partial charge on any atom is -0.507 e. The Labute approximate surface area is 194 Å². The summed E-state index contributed by atoms with van der Waals surface area (Å²) in [5, 5.41) is 11.3. The highest BCUT2D eigenvalue weighted by Gasteiger charge is 2.49. The number of methoxy groups -OCH3 is 1. The van der Waals surface area contributed by atoms with Crippen LogP contribution in [0.2, 0.25) is 0 Å². The van der Waals surface area contributed by atoms with E-state index in [1.165, 1.54) is 0 Å². The highest BCUT2D eigenvalue weighted by Crippen LogP contribution is 2.44. The first-order valence-electron chi connectivity index (χ1n) is 11.5. The van der Waals surface area contributed by atoms with E-state index >= 15 is 0 Å². The molecule has 0 spiro atoms. The molecule has 1 saturated heterocycles. The molecule has 1 N–H and O–H groups in total. The average Bonchev–Trinajstić information content (AvgIpc) is 3.41. The lowest BCUT2D eigenvalue weighted by Gasteiger charge is -2.31. The monoisotopic (exact) mass is 449 g/mol. The fraction of sp³-hybridized carbons (Fsp3) is 0.407. The van der Waals surface area contributed by atoms with E-state index < -0.39 is 17.7 Å². The van der Waals surface area contributed by atoms with Crippen LogP contribution in [-0.4, -0.2) is 41.0 Å². The zero-order valence-corrected chi connectivity index (χ0v) is 19.6. The van der Waals surface area contributed by atoms with E-state index in [-0.39, 0.29) is 23.5 Å². The quantitative estimate of drug-likeness (QED) is 0.375. The summed E-state index contributed by atoms with van der Waals surface area (Å²) in [6, 6.07) is 12.0.